The first-order valence-corrected chi connectivity index (χ1v) is 7.00. The van der Waals surface area contributed by atoms with Crippen LogP contribution in [0.25, 0.3) is 11.2 Å². The fourth-order valence-corrected chi connectivity index (χ4v) is 2.64. The second kappa shape index (κ2) is 5.79. The molecule has 0 radical (unpaired) electrons. The van der Waals surface area contributed by atoms with Crippen molar-refractivity contribution in [2.75, 3.05) is 25.1 Å². The Labute approximate surface area is 122 Å². The Bertz CT molecular complexity index is 641. The molecule has 0 bridgehead atoms. The highest BCUT2D eigenvalue weighted by Gasteiger charge is 2.28. The lowest BCUT2D eigenvalue weighted by molar-refractivity contribution is -0.0207. The molecule has 1 saturated heterocycles. The number of imidazole rings is 1. The van der Waals surface area contributed by atoms with Crippen LogP contribution in [0.1, 0.15) is 19.1 Å². The van der Waals surface area contributed by atoms with Crippen molar-refractivity contribution in [3.05, 3.63) is 25.3 Å². The smallest absolute Gasteiger partial charge is 0.167 e. The molecule has 2 atom stereocenters. The van der Waals surface area contributed by atoms with Crippen LogP contribution in [-0.4, -0.2) is 50.9 Å². The van der Waals surface area contributed by atoms with Crippen LogP contribution in [0.2, 0.25) is 0 Å². The quantitative estimate of drug-likeness (QED) is 0.831. The van der Waals surface area contributed by atoms with Crippen LogP contribution in [0.5, 0.6) is 0 Å². The lowest BCUT2D eigenvalue weighted by Crippen LogP contribution is -2.18. The minimum atomic E-state index is -0.125. The van der Waals surface area contributed by atoms with Crippen LogP contribution in [-0.2, 0) is 4.74 Å². The van der Waals surface area contributed by atoms with E-state index < -0.39 is 0 Å². The Hall–Kier alpha value is -1.99. The van der Waals surface area contributed by atoms with E-state index in [1.165, 1.54) is 6.33 Å². The molecular formula is C14H19N5O2. The number of hydrogen-bond acceptors (Lipinski definition) is 6. The van der Waals surface area contributed by atoms with Gasteiger partial charge in [-0.1, -0.05) is 6.08 Å². The molecule has 2 aromatic rings. The molecule has 1 aliphatic rings. The summed E-state index contributed by atoms with van der Waals surface area (Å²) in [6.45, 7) is 4.47. The van der Waals surface area contributed by atoms with E-state index in [4.69, 9.17) is 4.74 Å². The molecule has 3 rings (SSSR count). The standard InChI is InChI=1S/C14H19N5O2/c1-3-6-18(2)13-12-14(16-8-15-13)19(9-17-12)11-5-4-10(7-20)21-11/h3,8-11,20H,1,4-7H2,2H3. The maximum Gasteiger partial charge on any atom is 0.167 e. The van der Waals surface area contributed by atoms with E-state index in [0.29, 0.717) is 6.54 Å². The predicted molar refractivity (Wildman–Crippen MR) is 79.0 cm³/mol. The summed E-state index contributed by atoms with van der Waals surface area (Å²) in [5, 5.41) is 9.18. The van der Waals surface area contributed by atoms with Crippen molar-refractivity contribution < 1.29 is 9.84 Å². The van der Waals surface area contributed by atoms with Crippen molar-refractivity contribution in [2.45, 2.75) is 25.2 Å². The Kier molecular flexibility index (Phi) is 3.85. The van der Waals surface area contributed by atoms with Gasteiger partial charge in [0.25, 0.3) is 0 Å². The minimum Gasteiger partial charge on any atom is -0.394 e. The van der Waals surface area contributed by atoms with Gasteiger partial charge in [-0.25, -0.2) is 15.0 Å². The maximum absolute atomic E-state index is 9.18. The third kappa shape index (κ3) is 2.50. The van der Waals surface area contributed by atoms with Gasteiger partial charge in [-0.15, -0.1) is 6.58 Å². The Morgan fingerprint density at radius 2 is 2.33 bits per heavy atom. The molecule has 0 aromatic carbocycles. The summed E-state index contributed by atoms with van der Waals surface area (Å²) < 4.78 is 7.71. The van der Waals surface area contributed by atoms with Gasteiger partial charge >= 0.3 is 0 Å². The van der Waals surface area contributed by atoms with Crippen molar-refractivity contribution in [1.82, 2.24) is 19.5 Å². The van der Waals surface area contributed by atoms with E-state index >= 15 is 0 Å². The van der Waals surface area contributed by atoms with Crippen LogP contribution >= 0.6 is 0 Å². The molecule has 2 unspecified atom stereocenters. The Morgan fingerprint density at radius 3 is 3.05 bits per heavy atom. The maximum atomic E-state index is 9.18. The summed E-state index contributed by atoms with van der Waals surface area (Å²) in [4.78, 5) is 15.1. The molecule has 112 valence electrons. The number of aromatic nitrogens is 4. The summed E-state index contributed by atoms with van der Waals surface area (Å²) in [6, 6.07) is 0. The first-order valence-electron chi connectivity index (χ1n) is 7.00. The Morgan fingerprint density at radius 1 is 1.48 bits per heavy atom. The molecule has 7 nitrogen and oxygen atoms in total. The zero-order valence-corrected chi connectivity index (χ0v) is 12.0. The third-order valence-electron chi connectivity index (χ3n) is 3.70. The zero-order valence-electron chi connectivity index (χ0n) is 12.0. The van der Waals surface area contributed by atoms with Gasteiger partial charge in [-0.05, 0) is 12.8 Å². The molecule has 0 aliphatic carbocycles. The van der Waals surface area contributed by atoms with Gasteiger partial charge in [-0.2, -0.15) is 0 Å². The van der Waals surface area contributed by atoms with E-state index in [1.807, 2.05) is 22.6 Å². The average molecular weight is 289 g/mol. The van der Waals surface area contributed by atoms with E-state index in [1.54, 1.807) is 6.33 Å². The number of rotatable bonds is 5. The lowest BCUT2D eigenvalue weighted by atomic mass is 10.2. The monoisotopic (exact) mass is 289 g/mol. The van der Waals surface area contributed by atoms with Crippen LogP contribution in [0.15, 0.2) is 25.3 Å². The summed E-state index contributed by atoms with van der Waals surface area (Å²) in [7, 11) is 1.94. The normalized spacial score (nSPS) is 21.8. The highest BCUT2D eigenvalue weighted by molar-refractivity contribution is 5.83. The summed E-state index contributed by atoms with van der Waals surface area (Å²) in [5.74, 6) is 0.773. The number of nitrogens with zero attached hydrogens (tertiary/aromatic N) is 5. The van der Waals surface area contributed by atoms with Crippen LogP contribution in [0.4, 0.5) is 5.82 Å². The van der Waals surface area contributed by atoms with Gasteiger partial charge in [0.05, 0.1) is 19.0 Å². The molecule has 21 heavy (non-hydrogen) atoms. The zero-order chi connectivity index (χ0) is 14.8. The van der Waals surface area contributed by atoms with Crippen molar-refractivity contribution in [3.63, 3.8) is 0 Å². The van der Waals surface area contributed by atoms with Gasteiger partial charge in [0.1, 0.15) is 12.6 Å². The van der Waals surface area contributed by atoms with Gasteiger partial charge in [-0.3, -0.25) is 4.57 Å². The first-order chi connectivity index (χ1) is 10.2. The van der Waals surface area contributed by atoms with Gasteiger partial charge < -0.3 is 14.7 Å². The fraction of sp³-hybridized carbons (Fsp3) is 0.500. The van der Waals surface area contributed by atoms with E-state index in [2.05, 4.69) is 21.5 Å². The van der Waals surface area contributed by atoms with Crippen molar-refractivity contribution >= 4 is 17.0 Å². The summed E-state index contributed by atoms with van der Waals surface area (Å²) in [5.41, 5.74) is 1.50. The SMILES string of the molecule is C=CCN(C)c1ncnc2c1ncn2C1CCC(CO)O1. The van der Waals surface area contributed by atoms with E-state index in [9.17, 15) is 5.11 Å². The number of anilines is 1. The number of ether oxygens (including phenoxy) is 1. The van der Waals surface area contributed by atoms with Crippen LogP contribution < -0.4 is 4.90 Å². The number of aliphatic hydroxyl groups excluding tert-OH is 1. The van der Waals surface area contributed by atoms with Gasteiger partial charge in [0.15, 0.2) is 17.0 Å². The highest BCUT2D eigenvalue weighted by Crippen LogP contribution is 2.31. The van der Waals surface area contributed by atoms with Crippen LogP contribution in [0.3, 0.4) is 0 Å². The van der Waals surface area contributed by atoms with Crippen molar-refractivity contribution in [1.29, 1.82) is 0 Å². The third-order valence-corrected chi connectivity index (χ3v) is 3.70. The number of fused-ring (bicyclic) bond motifs is 1. The lowest BCUT2D eigenvalue weighted by Gasteiger charge is -2.16. The molecule has 2 aromatic heterocycles. The van der Waals surface area contributed by atoms with Crippen molar-refractivity contribution in [2.24, 2.45) is 0 Å². The molecule has 3 heterocycles. The molecule has 1 N–H and O–H groups in total. The van der Waals surface area contributed by atoms with E-state index in [0.717, 1.165) is 29.8 Å². The fourth-order valence-electron chi connectivity index (χ4n) is 2.64. The molecule has 0 amide bonds. The summed E-state index contributed by atoms with van der Waals surface area (Å²) in [6.07, 6.45) is 6.55. The molecule has 0 spiro atoms. The van der Waals surface area contributed by atoms with Crippen molar-refractivity contribution in [3.8, 4) is 0 Å². The topological polar surface area (TPSA) is 76.3 Å². The second-order valence-corrected chi connectivity index (χ2v) is 5.16. The molecule has 0 saturated carbocycles. The predicted octanol–water partition coefficient (Wildman–Crippen LogP) is 1.12. The Balaban J connectivity index is 1.96. The number of hydrogen-bond donors (Lipinski definition) is 1. The van der Waals surface area contributed by atoms with Crippen LogP contribution in [0, 0.1) is 0 Å². The highest BCUT2D eigenvalue weighted by atomic mass is 16.5. The second-order valence-electron chi connectivity index (χ2n) is 5.16. The molecular weight excluding hydrogens is 270 g/mol. The van der Waals surface area contributed by atoms with Gasteiger partial charge in [0, 0.05) is 13.6 Å². The molecule has 1 fully saturated rings. The molecule has 7 heteroatoms. The van der Waals surface area contributed by atoms with Gasteiger partial charge in [0.2, 0.25) is 0 Å². The number of likely N-dealkylation sites (N-methyl/N-ethyl adjacent to an activating group) is 1. The van der Waals surface area contributed by atoms with E-state index in [-0.39, 0.29) is 18.9 Å². The first kappa shape index (κ1) is 14.0. The minimum absolute atomic E-state index is 0.0471. The summed E-state index contributed by atoms with van der Waals surface area (Å²) >= 11 is 0. The molecule has 1 aliphatic heterocycles. The average Bonchev–Trinajstić information content (AvgIpc) is 3.13. The largest absolute Gasteiger partial charge is 0.394 e. The number of aliphatic hydroxyl groups is 1.